The number of nitrogens with one attached hydrogen (secondary N) is 1. The Morgan fingerprint density at radius 3 is 2.84 bits per heavy atom. The maximum atomic E-state index is 12.6. The van der Waals surface area contributed by atoms with Gasteiger partial charge in [-0.05, 0) is 36.8 Å². The van der Waals surface area contributed by atoms with Crippen molar-refractivity contribution < 1.29 is 18.7 Å². The van der Waals surface area contributed by atoms with Crippen LogP contribution >= 0.6 is 0 Å². The minimum absolute atomic E-state index is 0.00595. The van der Waals surface area contributed by atoms with E-state index in [-0.39, 0.29) is 19.2 Å². The highest BCUT2D eigenvalue weighted by Gasteiger charge is 2.18. The summed E-state index contributed by atoms with van der Waals surface area (Å²) < 4.78 is 16.4. The molecule has 0 aliphatic carbocycles. The molecule has 0 saturated carbocycles. The first-order valence-electron chi connectivity index (χ1n) is 8.19. The number of nitrogens with zero attached hydrogens (tertiary/aromatic N) is 1. The van der Waals surface area contributed by atoms with Crippen LogP contribution in [0.15, 0.2) is 47.4 Å². The molecule has 0 saturated heterocycles. The lowest BCUT2D eigenvalue weighted by molar-refractivity contribution is -0.131. The zero-order valence-corrected chi connectivity index (χ0v) is 14.3. The summed E-state index contributed by atoms with van der Waals surface area (Å²) in [4.78, 5) is 14.4. The van der Waals surface area contributed by atoms with Gasteiger partial charge in [-0.3, -0.25) is 4.79 Å². The number of ether oxygens (including phenoxy) is 2. The molecule has 3 rings (SSSR count). The molecule has 2 aromatic rings. The maximum absolute atomic E-state index is 12.6. The lowest BCUT2D eigenvalue weighted by Gasteiger charge is -2.22. The second kappa shape index (κ2) is 7.90. The maximum Gasteiger partial charge on any atom is 0.237 e. The minimum atomic E-state index is -0.00595. The van der Waals surface area contributed by atoms with Gasteiger partial charge in [0.2, 0.25) is 12.7 Å². The van der Waals surface area contributed by atoms with E-state index in [0.717, 1.165) is 22.8 Å². The zero-order valence-electron chi connectivity index (χ0n) is 14.3. The molecular weight excluding hydrogens is 320 g/mol. The van der Waals surface area contributed by atoms with Gasteiger partial charge in [-0.2, -0.15) is 0 Å². The molecule has 6 heteroatoms. The zero-order chi connectivity index (χ0) is 17.6. The van der Waals surface area contributed by atoms with Crippen LogP contribution in [0, 0.1) is 6.92 Å². The molecule has 1 aliphatic heterocycles. The molecule has 0 unspecified atom stereocenters. The monoisotopic (exact) mass is 342 g/mol. The Bertz CT molecular complexity index is 754. The van der Waals surface area contributed by atoms with Crippen molar-refractivity contribution in [2.45, 2.75) is 20.0 Å². The summed E-state index contributed by atoms with van der Waals surface area (Å²) in [6.45, 7) is 7.48. The van der Waals surface area contributed by atoms with Crippen LogP contribution in [-0.4, -0.2) is 30.7 Å². The van der Waals surface area contributed by atoms with E-state index in [1.807, 2.05) is 37.3 Å². The fourth-order valence-corrected chi connectivity index (χ4v) is 2.64. The van der Waals surface area contributed by atoms with Crippen LogP contribution in [0.1, 0.15) is 17.1 Å². The highest BCUT2D eigenvalue weighted by molar-refractivity contribution is 5.78. The summed E-state index contributed by atoms with van der Waals surface area (Å²) >= 11 is 0. The normalized spacial score (nSPS) is 12.2. The first kappa shape index (κ1) is 17.1. The van der Waals surface area contributed by atoms with Gasteiger partial charge in [0.1, 0.15) is 11.5 Å². The summed E-state index contributed by atoms with van der Waals surface area (Å²) in [5, 5.41) is 3.05. The first-order chi connectivity index (χ1) is 12.2. The largest absolute Gasteiger partial charge is 0.464 e. The predicted octanol–water partition coefficient (Wildman–Crippen LogP) is 2.62. The van der Waals surface area contributed by atoms with E-state index in [1.165, 1.54) is 0 Å². The summed E-state index contributed by atoms with van der Waals surface area (Å²) in [7, 11) is 0. The lowest BCUT2D eigenvalue weighted by Crippen LogP contribution is -2.37. The van der Waals surface area contributed by atoms with Crippen molar-refractivity contribution in [2.75, 3.05) is 19.9 Å². The molecule has 1 aliphatic rings. The van der Waals surface area contributed by atoms with Crippen molar-refractivity contribution in [1.82, 2.24) is 10.2 Å². The first-order valence-corrected chi connectivity index (χ1v) is 8.19. The van der Waals surface area contributed by atoms with E-state index in [2.05, 4.69) is 11.9 Å². The van der Waals surface area contributed by atoms with Crippen molar-refractivity contribution in [1.29, 1.82) is 0 Å². The van der Waals surface area contributed by atoms with Crippen LogP contribution in [0.2, 0.25) is 0 Å². The van der Waals surface area contributed by atoms with Gasteiger partial charge >= 0.3 is 0 Å². The van der Waals surface area contributed by atoms with Crippen molar-refractivity contribution in [3.63, 3.8) is 0 Å². The molecule has 1 N–H and O–H groups in total. The van der Waals surface area contributed by atoms with Gasteiger partial charge < -0.3 is 24.1 Å². The third-order valence-electron chi connectivity index (χ3n) is 3.87. The molecule has 0 radical (unpaired) electrons. The Hall–Kier alpha value is -2.73. The highest BCUT2D eigenvalue weighted by Crippen LogP contribution is 2.32. The number of aryl methyl sites for hydroxylation is 1. The van der Waals surface area contributed by atoms with Gasteiger partial charge in [0.15, 0.2) is 11.5 Å². The number of carbonyl (C=O) groups excluding carboxylic acids is 1. The van der Waals surface area contributed by atoms with E-state index in [4.69, 9.17) is 13.9 Å². The molecule has 0 bridgehead atoms. The number of benzene rings is 1. The summed E-state index contributed by atoms with van der Waals surface area (Å²) in [6.07, 6.45) is 1.73. The van der Waals surface area contributed by atoms with Gasteiger partial charge in [0, 0.05) is 13.1 Å². The topological polar surface area (TPSA) is 63.9 Å². The molecule has 0 atom stereocenters. The van der Waals surface area contributed by atoms with E-state index < -0.39 is 0 Å². The van der Waals surface area contributed by atoms with Crippen LogP contribution in [0.25, 0.3) is 0 Å². The van der Waals surface area contributed by atoms with Gasteiger partial charge in [-0.25, -0.2) is 0 Å². The quantitative estimate of drug-likeness (QED) is 0.590. The van der Waals surface area contributed by atoms with Crippen LogP contribution in [0.5, 0.6) is 11.5 Å². The Kier molecular flexibility index (Phi) is 5.40. The molecule has 132 valence electrons. The van der Waals surface area contributed by atoms with Crippen molar-refractivity contribution in [3.8, 4) is 11.5 Å². The predicted molar refractivity (Wildman–Crippen MR) is 93.3 cm³/mol. The van der Waals surface area contributed by atoms with Crippen molar-refractivity contribution in [3.05, 3.63) is 60.1 Å². The fourth-order valence-electron chi connectivity index (χ4n) is 2.64. The Labute approximate surface area is 147 Å². The number of furan rings is 1. The Balaban J connectivity index is 1.72. The number of amides is 1. The van der Waals surface area contributed by atoms with Crippen LogP contribution in [0.3, 0.4) is 0 Å². The van der Waals surface area contributed by atoms with Crippen LogP contribution in [-0.2, 0) is 17.9 Å². The third-order valence-corrected chi connectivity index (χ3v) is 3.87. The third kappa shape index (κ3) is 4.42. The van der Waals surface area contributed by atoms with E-state index in [1.54, 1.807) is 11.0 Å². The average molecular weight is 342 g/mol. The second-order valence-electron chi connectivity index (χ2n) is 5.87. The average Bonchev–Trinajstić information content (AvgIpc) is 3.22. The molecular formula is C19H22N2O4. The fraction of sp³-hybridized carbons (Fsp3) is 0.316. The molecule has 2 heterocycles. The Morgan fingerprint density at radius 2 is 2.08 bits per heavy atom. The number of hydrogen-bond donors (Lipinski definition) is 1. The second-order valence-corrected chi connectivity index (χ2v) is 5.87. The number of hydrogen-bond acceptors (Lipinski definition) is 5. The summed E-state index contributed by atoms with van der Waals surface area (Å²) in [5.41, 5.74) is 0.976. The summed E-state index contributed by atoms with van der Waals surface area (Å²) in [5.74, 6) is 3.03. The standard InChI is InChI=1S/C19H22N2O4/c1-3-8-20-10-19(22)21(12-16-6-4-14(2)25-16)11-15-5-7-17-18(9-15)24-13-23-17/h3-7,9,20H,1,8,10-13H2,2H3. The van der Waals surface area contributed by atoms with Crippen molar-refractivity contribution in [2.24, 2.45) is 0 Å². The molecule has 1 amide bonds. The molecule has 6 nitrogen and oxygen atoms in total. The number of rotatable bonds is 8. The van der Waals surface area contributed by atoms with Crippen LogP contribution in [0.4, 0.5) is 0 Å². The van der Waals surface area contributed by atoms with E-state index in [9.17, 15) is 4.79 Å². The molecule has 0 spiro atoms. The minimum Gasteiger partial charge on any atom is -0.464 e. The molecule has 1 aromatic carbocycles. The van der Waals surface area contributed by atoms with Gasteiger partial charge in [0.25, 0.3) is 0 Å². The number of carbonyl (C=O) groups is 1. The van der Waals surface area contributed by atoms with E-state index >= 15 is 0 Å². The molecule has 0 fully saturated rings. The highest BCUT2D eigenvalue weighted by atomic mass is 16.7. The number of fused-ring (bicyclic) bond motifs is 1. The molecule has 25 heavy (non-hydrogen) atoms. The van der Waals surface area contributed by atoms with Crippen molar-refractivity contribution >= 4 is 5.91 Å². The summed E-state index contributed by atoms with van der Waals surface area (Å²) in [6, 6.07) is 9.51. The van der Waals surface area contributed by atoms with Crippen LogP contribution < -0.4 is 14.8 Å². The molecule has 1 aromatic heterocycles. The smallest absolute Gasteiger partial charge is 0.237 e. The SMILES string of the molecule is C=CCNCC(=O)N(Cc1ccc2c(c1)OCO2)Cc1ccc(C)o1. The lowest BCUT2D eigenvalue weighted by atomic mass is 10.2. The van der Waals surface area contributed by atoms with Gasteiger partial charge in [0.05, 0.1) is 13.1 Å². The van der Waals surface area contributed by atoms with Gasteiger partial charge in [-0.15, -0.1) is 6.58 Å². The van der Waals surface area contributed by atoms with Gasteiger partial charge in [-0.1, -0.05) is 12.1 Å². The Morgan fingerprint density at radius 1 is 1.24 bits per heavy atom. The van der Waals surface area contributed by atoms with E-state index in [0.29, 0.717) is 25.4 Å².